The Bertz CT molecular complexity index is 405. The lowest BCUT2D eigenvalue weighted by Crippen LogP contribution is -2.28. The fourth-order valence-corrected chi connectivity index (χ4v) is 3.38. The van der Waals surface area contributed by atoms with Crippen LogP contribution in [0.25, 0.3) is 0 Å². The van der Waals surface area contributed by atoms with Crippen molar-refractivity contribution in [2.75, 3.05) is 0 Å². The molecule has 0 radical (unpaired) electrons. The molecule has 1 saturated carbocycles. The summed E-state index contributed by atoms with van der Waals surface area (Å²) in [6.45, 7) is 1.78. The lowest BCUT2D eigenvalue weighted by molar-refractivity contribution is -0.183. The fraction of sp³-hybridized carbons (Fsp3) is 0.818. The van der Waals surface area contributed by atoms with Crippen LogP contribution >= 0.6 is 22.9 Å². The molecule has 0 N–H and O–H groups in total. The monoisotopic (exact) mass is 298 g/mol. The van der Waals surface area contributed by atoms with Gasteiger partial charge in [-0.15, -0.1) is 21.8 Å². The summed E-state index contributed by atoms with van der Waals surface area (Å²) < 4.78 is 38.1. The Balaban J connectivity index is 2.08. The summed E-state index contributed by atoms with van der Waals surface area (Å²) >= 11 is 7.22. The SMILES string of the molecule is CC(Cl)c1nnc(C2CCCC(C(F)(F)F)C2)s1. The Kier molecular flexibility index (Phi) is 4.16. The average Bonchev–Trinajstić information content (AvgIpc) is 2.77. The zero-order valence-electron chi connectivity index (χ0n) is 9.88. The molecular weight excluding hydrogens is 285 g/mol. The van der Waals surface area contributed by atoms with Gasteiger partial charge in [-0.25, -0.2) is 0 Å². The average molecular weight is 299 g/mol. The van der Waals surface area contributed by atoms with E-state index < -0.39 is 12.1 Å². The van der Waals surface area contributed by atoms with Crippen molar-refractivity contribution in [3.05, 3.63) is 10.0 Å². The summed E-state index contributed by atoms with van der Waals surface area (Å²) in [4.78, 5) is 0. The molecule has 0 aliphatic heterocycles. The van der Waals surface area contributed by atoms with Gasteiger partial charge in [-0.2, -0.15) is 13.2 Å². The minimum Gasteiger partial charge on any atom is -0.171 e. The summed E-state index contributed by atoms with van der Waals surface area (Å²) in [5.41, 5.74) is 0. The first-order valence-electron chi connectivity index (χ1n) is 5.92. The molecule has 1 aliphatic rings. The molecule has 2 rings (SSSR count). The highest BCUT2D eigenvalue weighted by Gasteiger charge is 2.43. The molecule has 3 atom stereocenters. The van der Waals surface area contributed by atoms with Crippen LogP contribution in [0.15, 0.2) is 0 Å². The van der Waals surface area contributed by atoms with E-state index in [0.717, 1.165) is 6.42 Å². The lowest BCUT2D eigenvalue weighted by atomic mass is 9.81. The van der Waals surface area contributed by atoms with Crippen molar-refractivity contribution in [1.29, 1.82) is 0 Å². The van der Waals surface area contributed by atoms with E-state index >= 15 is 0 Å². The molecule has 0 aromatic carbocycles. The minimum absolute atomic E-state index is 0.118. The van der Waals surface area contributed by atoms with Crippen molar-refractivity contribution in [2.24, 2.45) is 5.92 Å². The zero-order valence-corrected chi connectivity index (χ0v) is 11.4. The predicted molar refractivity (Wildman–Crippen MR) is 64.9 cm³/mol. The predicted octanol–water partition coefficient (Wildman–Crippen LogP) is 4.67. The molecule has 7 heteroatoms. The molecule has 3 unspecified atom stereocenters. The van der Waals surface area contributed by atoms with Crippen molar-refractivity contribution in [3.63, 3.8) is 0 Å². The van der Waals surface area contributed by atoms with E-state index in [4.69, 9.17) is 11.6 Å². The van der Waals surface area contributed by atoms with Crippen LogP contribution in [-0.2, 0) is 0 Å². The molecule has 1 heterocycles. The largest absolute Gasteiger partial charge is 0.391 e. The number of halogens is 4. The first-order chi connectivity index (χ1) is 8.38. The van der Waals surface area contributed by atoms with Crippen LogP contribution in [0, 0.1) is 5.92 Å². The van der Waals surface area contributed by atoms with E-state index in [-0.39, 0.29) is 24.1 Å². The van der Waals surface area contributed by atoms with Crippen molar-refractivity contribution in [2.45, 2.75) is 50.1 Å². The fourth-order valence-electron chi connectivity index (χ4n) is 2.28. The maximum atomic E-state index is 12.7. The summed E-state index contributed by atoms with van der Waals surface area (Å²) in [6, 6.07) is 0. The van der Waals surface area contributed by atoms with Gasteiger partial charge in [0.15, 0.2) is 0 Å². The molecule has 0 spiro atoms. The second-order valence-electron chi connectivity index (χ2n) is 4.70. The Morgan fingerprint density at radius 1 is 1.33 bits per heavy atom. The molecule has 1 aliphatic carbocycles. The third kappa shape index (κ3) is 3.15. The van der Waals surface area contributed by atoms with Crippen LogP contribution in [0.2, 0.25) is 0 Å². The van der Waals surface area contributed by atoms with E-state index in [1.54, 1.807) is 6.92 Å². The van der Waals surface area contributed by atoms with Gasteiger partial charge in [0, 0.05) is 5.92 Å². The van der Waals surface area contributed by atoms with Crippen LogP contribution < -0.4 is 0 Å². The van der Waals surface area contributed by atoms with Gasteiger partial charge in [0.25, 0.3) is 0 Å². The number of nitrogens with zero attached hydrogens (tertiary/aromatic N) is 2. The Morgan fingerprint density at radius 3 is 2.61 bits per heavy atom. The molecule has 1 fully saturated rings. The van der Waals surface area contributed by atoms with Crippen LogP contribution in [-0.4, -0.2) is 16.4 Å². The number of alkyl halides is 4. The maximum Gasteiger partial charge on any atom is 0.391 e. The summed E-state index contributed by atoms with van der Waals surface area (Å²) in [5.74, 6) is -1.32. The quantitative estimate of drug-likeness (QED) is 0.741. The Hall–Kier alpha value is -0.360. The van der Waals surface area contributed by atoms with Crippen LogP contribution in [0.4, 0.5) is 13.2 Å². The number of aromatic nitrogens is 2. The molecular formula is C11H14ClF3N2S. The molecule has 102 valence electrons. The number of rotatable bonds is 2. The highest BCUT2D eigenvalue weighted by Crippen LogP contribution is 2.44. The molecule has 0 saturated heterocycles. The van der Waals surface area contributed by atoms with Crippen LogP contribution in [0.5, 0.6) is 0 Å². The molecule has 1 aromatic rings. The number of hydrogen-bond donors (Lipinski definition) is 0. The molecule has 0 bridgehead atoms. The smallest absolute Gasteiger partial charge is 0.171 e. The second kappa shape index (κ2) is 5.33. The summed E-state index contributed by atoms with van der Waals surface area (Å²) in [6.07, 6.45) is -2.36. The van der Waals surface area contributed by atoms with Gasteiger partial charge in [-0.1, -0.05) is 17.8 Å². The third-order valence-electron chi connectivity index (χ3n) is 3.28. The minimum atomic E-state index is -4.09. The van der Waals surface area contributed by atoms with Crippen molar-refractivity contribution in [3.8, 4) is 0 Å². The zero-order chi connectivity index (χ0) is 13.3. The van der Waals surface area contributed by atoms with E-state index in [1.807, 2.05) is 0 Å². The van der Waals surface area contributed by atoms with Gasteiger partial charge in [-0.05, 0) is 26.2 Å². The Morgan fingerprint density at radius 2 is 2.06 bits per heavy atom. The van der Waals surface area contributed by atoms with Gasteiger partial charge in [0.1, 0.15) is 10.0 Å². The van der Waals surface area contributed by atoms with Crippen molar-refractivity contribution >= 4 is 22.9 Å². The van der Waals surface area contributed by atoms with Gasteiger partial charge in [0.2, 0.25) is 0 Å². The summed E-state index contributed by atoms with van der Waals surface area (Å²) in [7, 11) is 0. The highest BCUT2D eigenvalue weighted by molar-refractivity contribution is 7.11. The van der Waals surface area contributed by atoms with E-state index in [9.17, 15) is 13.2 Å². The molecule has 1 aromatic heterocycles. The van der Waals surface area contributed by atoms with E-state index in [1.165, 1.54) is 11.3 Å². The van der Waals surface area contributed by atoms with Crippen LogP contribution in [0.3, 0.4) is 0 Å². The van der Waals surface area contributed by atoms with Crippen molar-refractivity contribution in [1.82, 2.24) is 10.2 Å². The maximum absolute atomic E-state index is 12.7. The number of hydrogen-bond acceptors (Lipinski definition) is 3. The first-order valence-corrected chi connectivity index (χ1v) is 7.17. The molecule has 18 heavy (non-hydrogen) atoms. The second-order valence-corrected chi connectivity index (χ2v) is 6.39. The Labute approximate surface area is 113 Å². The lowest BCUT2D eigenvalue weighted by Gasteiger charge is -2.29. The topological polar surface area (TPSA) is 25.8 Å². The van der Waals surface area contributed by atoms with Crippen molar-refractivity contribution < 1.29 is 13.2 Å². The first kappa shape index (κ1) is 14.1. The van der Waals surface area contributed by atoms with Gasteiger partial charge in [-0.3, -0.25) is 0 Å². The highest BCUT2D eigenvalue weighted by atomic mass is 35.5. The molecule has 0 amide bonds. The van der Waals surface area contributed by atoms with Gasteiger partial charge < -0.3 is 0 Å². The summed E-state index contributed by atoms with van der Waals surface area (Å²) in [5, 5.41) is 9.07. The van der Waals surface area contributed by atoms with Gasteiger partial charge >= 0.3 is 6.18 Å². The van der Waals surface area contributed by atoms with Crippen LogP contribution in [0.1, 0.15) is 53.9 Å². The third-order valence-corrected chi connectivity index (χ3v) is 4.89. The standard InChI is InChI=1S/C11H14ClF3N2S/c1-6(12)9-16-17-10(18-9)7-3-2-4-8(5-7)11(13,14)15/h6-8H,2-5H2,1H3. The molecule has 2 nitrogen and oxygen atoms in total. The van der Waals surface area contributed by atoms with E-state index in [2.05, 4.69) is 10.2 Å². The normalized spacial score (nSPS) is 27.2. The van der Waals surface area contributed by atoms with Gasteiger partial charge in [0.05, 0.1) is 11.3 Å². The van der Waals surface area contributed by atoms with E-state index in [0.29, 0.717) is 16.4 Å².